The highest BCUT2D eigenvalue weighted by Crippen LogP contribution is 2.20. The van der Waals surface area contributed by atoms with Crippen LogP contribution in [0.15, 0.2) is 36.4 Å². The smallest absolute Gasteiger partial charge is 0.407 e. The van der Waals surface area contributed by atoms with Crippen molar-refractivity contribution < 1.29 is 28.6 Å². The van der Waals surface area contributed by atoms with Gasteiger partial charge in [0.25, 0.3) is 0 Å². The SMILES string of the molecule is CC(C)(C)OC(=O)CCc1ccc2cc(COCC(CCC(N)=O)NC(=O)OC(C)(C)C)ccc2c1. The summed E-state index contributed by atoms with van der Waals surface area (Å²) in [4.78, 5) is 35.3. The molecule has 2 rings (SSSR count). The molecule has 36 heavy (non-hydrogen) atoms. The van der Waals surface area contributed by atoms with Crippen LogP contribution in [0.4, 0.5) is 4.79 Å². The predicted molar refractivity (Wildman–Crippen MR) is 139 cm³/mol. The highest BCUT2D eigenvalue weighted by atomic mass is 16.6. The fraction of sp³-hybridized carbons (Fsp3) is 0.536. The molecule has 0 spiro atoms. The van der Waals surface area contributed by atoms with Crippen LogP contribution in [0.5, 0.6) is 0 Å². The van der Waals surface area contributed by atoms with Crippen LogP contribution >= 0.6 is 0 Å². The lowest BCUT2D eigenvalue weighted by atomic mass is 10.0. The minimum Gasteiger partial charge on any atom is -0.460 e. The first-order valence-corrected chi connectivity index (χ1v) is 12.3. The third-order valence-electron chi connectivity index (χ3n) is 5.05. The normalized spacial score (nSPS) is 12.7. The number of carbonyl (C=O) groups excluding carboxylic acids is 3. The topological polar surface area (TPSA) is 117 Å². The second kappa shape index (κ2) is 12.7. The van der Waals surface area contributed by atoms with Crippen molar-refractivity contribution in [2.75, 3.05) is 6.61 Å². The van der Waals surface area contributed by atoms with Crippen LogP contribution in [0, 0.1) is 0 Å². The van der Waals surface area contributed by atoms with Crippen LogP contribution in [-0.4, -0.2) is 41.8 Å². The molecule has 0 heterocycles. The summed E-state index contributed by atoms with van der Waals surface area (Å²) >= 11 is 0. The molecule has 198 valence electrons. The minimum atomic E-state index is -0.625. The summed E-state index contributed by atoms with van der Waals surface area (Å²) in [6, 6.07) is 11.8. The van der Waals surface area contributed by atoms with Crippen LogP contribution in [0.2, 0.25) is 0 Å². The number of hydrogen-bond donors (Lipinski definition) is 2. The quantitative estimate of drug-likeness (QED) is 0.429. The Morgan fingerprint density at radius 2 is 1.44 bits per heavy atom. The number of rotatable bonds is 11. The summed E-state index contributed by atoms with van der Waals surface area (Å²) in [5.41, 5.74) is 6.22. The standard InChI is InChI=1S/C28H40N2O6/c1-27(2,3)35-25(32)14-9-19-7-10-22-16-20(8-11-21(22)15-19)17-34-18-23(12-13-24(29)31)30-26(33)36-28(4,5)6/h7-8,10-11,15-16,23H,9,12-14,17-18H2,1-6H3,(H2,29,31)(H,30,33). The van der Waals surface area contributed by atoms with Crippen molar-refractivity contribution in [3.8, 4) is 0 Å². The Kier molecular flexibility index (Phi) is 10.3. The fourth-order valence-corrected chi connectivity index (χ4v) is 3.54. The van der Waals surface area contributed by atoms with E-state index in [-0.39, 0.29) is 19.0 Å². The Labute approximate surface area is 213 Å². The zero-order valence-corrected chi connectivity index (χ0v) is 22.3. The van der Waals surface area contributed by atoms with Crippen molar-refractivity contribution in [2.24, 2.45) is 5.73 Å². The van der Waals surface area contributed by atoms with Crippen molar-refractivity contribution >= 4 is 28.7 Å². The van der Waals surface area contributed by atoms with Gasteiger partial charge in [0, 0.05) is 12.8 Å². The van der Waals surface area contributed by atoms with E-state index >= 15 is 0 Å². The molecular weight excluding hydrogens is 460 g/mol. The van der Waals surface area contributed by atoms with Gasteiger partial charge in [-0.3, -0.25) is 9.59 Å². The summed E-state index contributed by atoms with van der Waals surface area (Å²) in [6.07, 6.45) is 0.888. The average Bonchev–Trinajstić information content (AvgIpc) is 2.73. The number of amides is 2. The van der Waals surface area contributed by atoms with E-state index in [1.54, 1.807) is 20.8 Å². The van der Waals surface area contributed by atoms with E-state index in [2.05, 4.69) is 11.4 Å². The van der Waals surface area contributed by atoms with Gasteiger partial charge in [-0.1, -0.05) is 30.3 Å². The van der Waals surface area contributed by atoms with Gasteiger partial charge in [0.05, 0.1) is 19.3 Å². The summed E-state index contributed by atoms with van der Waals surface area (Å²) in [5.74, 6) is -0.642. The fourth-order valence-electron chi connectivity index (χ4n) is 3.54. The number of benzene rings is 2. The summed E-state index contributed by atoms with van der Waals surface area (Å²) in [6.45, 7) is 11.5. The molecular formula is C28H40N2O6. The van der Waals surface area contributed by atoms with Crippen LogP contribution in [0.1, 0.15) is 71.9 Å². The van der Waals surface area contributed by atoms with E-state index in [0.717, 1.165) is 21.9 Å². The van der Waals surface area contributed by atoms with Gasteiger partial charge in [-0.05, 0) is 82.3 Å². The number of aryl methyl sites for hydroxylation is 1. The van der Waals surface area contributed by atoms with Crippen molar-refractivity contribution in [3.63, 3.8) is 0 Å². The number of carbonyl (C=O) groups is 3. The maximum absolute atomic E-state index is 12.1. The third kappa shape index (κ3) is 11.5. The van der Waals surface area contributed by atoms with E-state index in [0.29, 0.717) is 25.9 Å². The van der Waals surface area contributed by atoms with Gasteiger partial charge in [0.2, 0.25) is 5.91 Å². The molecule has 0 bridgehead atoms. The Morgan fingerprint density at radius 3 is 2.03 bits per heavy atom. The Hall–Kier alpha value is -3.13. The number of esters is 1. The molecule has 1 atom stereocenters. The number of hydrogen-bond acceptors (Lipinski definition) is 6. The lowest BCUT2D eigenvalue weighted by Gasteiger charge is -2.23. The van der Waals surface area contributed by atoms with E-state index in [4.69, 9.17) is 19.9 Å². The van der Waals surface area contributed by atoms with Crippen LogP contribution in [-0.2, 0) is 36.8 Å². The third-order valence-corrected chi connectivity index (χ3v) is 5.05. The summed E-state index contributed by atoms with van der Waals surface area (Å²) in [7, 11) is 0. The predicted octanol–water partition coefficient (Wildman–Crippen LogP) is 4.79. The summed E-state index contributed by atoms with van der Waals surface area (Å²) in [5, 5.41) is 4.90. The second-order valence-electron chi connectivity index (χ2n) is 11.0. The van der Waals surface area contributed by atoms with Crippen LogP contribution in [0.25, 0.3) is 10.8 Å². The maximum atomic E-state index is 12.1. The molecule has 3 N–H and O–H groups in total. The molecule has 8 nitrogen and oxygen atoms in total. The van der Waals surface area contributed by atoms with E-state index in [1.165, 1.54) is 0 Å². The molecule has 0 aromatic heterocycles. The number of primary amides is 1. The lowest BCUT2D eigenvalue weighted by Crippen LogP contribution is -2.42. The zero-order valence-electron chi connectivity index (χ0n) is 22.3. The molecule has 0 aliphatic heterocycles. The van der Waals surface area contributed by atoms with Crippen molar-refractivity contribution in [1.29, 1.82) is 0 Å². The number of ether oxygens (including phenoxy) is 3. The van der Waals surface area contributed by atoms with Gasteiger partial charge in [-0.15, -0.1) is 0 Å². The monoisotopic (exact) mass is 500 g/mol. The number of fused-ring (bicyclic) bond motifs is 1. The number of nitrogens with one attached hydrogen (secondary N) is 1. The van der Waals surface area contributed by atoms with E-state index < -0.39 is 29.2 Å². The van der Waals surface area contributed by atoms with Gasteiger partial charge in [0.1, 0.15) is 11.2 Å². The summed E-state index contributed by atoms with van der Waals surface area (Å²) < 4.78 is 16.5. The highest BCUT2D eigenvalue weighted by molar-refractivity contribution is 5.84. The zero-order chi connectivity index (χ0) is 26.9. The lowest BCUT2D eigenvalue weighted by molar-refractivity contribution is -0.154. The van der Waals surface area contributed by atoms with Gasteiger partial charge < -0.3 is 25.3 Å². The maximum Gasteiger partial charge on any atom is 0.407 e. The van der Waals surface area contributed by atoms with Crippen molar-refractivity contribution in [1.82, 2.24) is 5.32 Å². The molecule has 0 aliphatic rings. The number of nitrogens with two attached hydrogens (primary N) is 1. The minimum absolute atomic E-state index is 0.135. The molecule has 2 aromatic carbocycles. The van der Waals surface area contributed by atoms with Gasteiger partial charge in [-0.25, -0.2) is 4.79 Å². The Balaban J connectivity index is 1.93. The Bertz CT molecular complexity index is 1050. The molecule has 8 heteroatoms. The van der Waals surface area contributed by atoms with Crippen molar-refractivity contribution in [2.45, 2.75) is 91.1 Å². The van der Waals surface area contributed by atoms with Crippen LogP contribution < -0.4 is 11.1 Å². The van der Waals surface area contributed by atoms with Gasteiger partial charge in [0.15, 0.2) is 0 Å². The Morgan fingerprint density at radius 1 is 0.861 bits per heavy atom. The highest BCUT2D eigenvalue weighted by Gasteiger charge is 2.20. The van der Waals surface area contributed by atoms with Gasteiger partial charge >= 0.3 is 12.1 Å². The first-order valence-electron chi connectivity index (χ1n) is 12.3. The van der Waals surface area contributed by atoms with E-state index in [1.807, 2.05) is 51.1 Å². The largest absolute Gasteiger partial charge is 0.460 e. The molecule has 2 amide bonds. The molecule has 0 radical (unpaired) electrons. The molecule has 0 saturated carbocycles. The molecule has 2 aromatic rings. The van der Waals surface area contributed by atoms with Crippen LogP contribution in [0.3, 0.4) is 0 Å². The molecule has 1 unspecified atom stereocenters. The van der Waals surface area contributed by atoms with Crippen molar-refractivity contribution in [3.05, 3.63) is 47.5 Å². The molecule has 0 aliphatic carbocycles. The molecule has 0 saturated heterocycles. The first kappa shape index (κ1) is 29.1. The number of alkyl carbamates (subject to hydrolysis) is 1. The first-order chi connectivity index (χ1) is 16.7. The average molecular weight is 501 g/mol. The second-order valence-corrected chi connectivity index (χ2v) is 11.0. The molecule has 0 fully saturated rings. The van der Waals surface area contributed by atoms with E-state index in [9.17, 15) is 14.4 Å². The van der Waals surface area contributed by atoms with Gasteiger partial charge in [-0.2, -0.15) is 0 Å².